The minimum Gasteiger partial charge on any atom is -0.384 e. The molecule has 1 aliphatic rings. The summed E-state index contributed by atoms with van der Waals surface area (Å²) in [4.78, 5) is 0. The molecular formula is C15H20BrN3O. The lowest BCUT2D eigenvalue weighted by Gasteiger charge is -2.23. The molecule has 0 atom stereocenters. The summed E-state index contributed by atoms with van der Waals surface area (Å²) in [5.74, 6) is 0. The second-order valence-corrected chi connectivity index (χ2v) is 5.73. The van der Waals surface area contributed by atoms with Gasteiger partial charge in [-0.2, -0.15) is 5.26 Å². The van der Waals surface area contributed by atoms with Gasteiger partial charge in [-0.05, 0) is 60.4 Å². The van der Waals surface area contributed by atoms with Gasteiger partial charge in [0.2, 0.25) is 0 Å². The topological polar surface area (TPSA) is 57.1 Å². The van der Waals surface area contributed by atoms with Crippen LogP contribution in [0.25, 0.3) is 0 Å². The van der Waals surface area contributed by atoms with E-state index >= 15 is 0 Å². The zero-order valence-electron chi connectivity index (χ0n) is 11.5. The number of hydrogen-bond acceptors (Lipinski definition) is 4. The van der Waals surface area contributed by atoms with Crippen molar-refractivity contribution in [2.24, 2.45) is 0 Å². The number of nitrogens with one attached hydrogen (secondary N) is 2. The van der Waals surface area contributed by atoms with Gasteiger partial charge >= 0.3 is 0 Å². The maximum Gasteiger partial charge on any atom is 0.103 e. The molecule has 0 aliphatic carbocycles. The summed E-state index contributed by atoms with van der Waals surface area (Å²) in [6, 6.07) is 7.94. The first-order chi connectivity index (χ1) is 9.81. The summed E-state index contributed by atoms with van der Waals surface area (Å²) in [5.41, 5.74) is 1.54. The van der Waals surface area contributed by atoms with Crippen molar-refractivity contribution in [3.05, 3.63) is 28.2 Å². The van der Waals surface area contributed by atoms with E-state index in [0.29, 0.717) is 11.7 Å². The van der Waals surface area contributed by atoms with Gasteiger partial charge in [0.15, 0.2) is 0 Å². The molecule has 0 aromatic heterocycles. The SMILES string of the molecule is N#Cc1c(Br)cccc1NCCCOC1CCNCC1. The second kappa shape index (κ2) is 8.25. The molecule has 2 rings (SSSR count). The van der Waals surface area contributed by atoms with E-state index in [0.717, 1.165) is 55.7 Å². The molecule has 20 heavy (non-hydrogen) atoms. The molecule has 4 nitrogen and oxygen atoms in total. The van der Waals surface area contributed by atoms with E-state index in [9.17, 15) is 0 Å². The van der Waals surface area contributed by atoms with E-state index in [1.165, 1.54) is 0 Å². The van der Waals surface area contributed by atoms with Crippen molar-refractivity contribution in [3.63, 3.8) is 0 Å². The fraction of sp³-hybridized carbons (Fsp3) is 0.533. The van der Waals surface area contributed by atoms with Crippen LogP contribution in [0.2, 0.25) is 0 Å². The van der Waals surface area contributed by atoms with Crippen LogP contribution in [0.5, 0.6) is 0 Å². The number of ether oxygens (including phenoxy) is 1. The minimum absolute atomic E-state index is 0.414. The quantitative estimate of drug-likeness (QED) is 0.783. The largest absolute Gasteiger partial charge is 0.384 e. The van der Waals surface area contributed by atoms with Crippen LogP contribution in [0.3, 0.4) is 0 Å². The molecule has 0 amide bonds. The number of hydrogen-bond donors (Lipinski definition) is 2. The average Bonchev–Trinajstić information content (AvgIpc) is 2.48. The summed E-state index contributed by atoms with van der Waals surface area (Å²) >= 11 is 3.39. The smallest absolute Gasteiger partial charge is 0.103 e. The first-order valence-corrected chi connectivity index (χ1v) is 7.85. The van der Waals surface area contributed by atoms with Crippen LogP contribution in [0.4, 0.5) is 5.69 Å². The Balaban J connectivity index is 1.68. The number of nitrogens with zero attached hydrogens (tertiary/aromatic N) is 1. The standard InChI is InChI=1S/C15H20BrN3O/c16-14-3-1-4-15(13(14)11-17)19-7-2-10-20-12-5-8-18-9-6-12/h1,3-4,12,18-19H,2,5-10H2. The van der Waals surface area contributed by atoms with E-state index < -0.39 is 0 Å². The molecule has 5 heteroatoms. The number of piperidine rings is 1. The summed E-state index contributed by atoms with van der Waals surface area (Å²) in [7, 11) is 0. The van der Waals surface area contributed by atoms with Crippen molar-refractivity contribution >= 4 is 21.6 Å². The fourth-order valence-corrected chi connectivity index (χ4v) is 2.75. The fourth-order valence-electron chi connectivity index (χ4n) is 2.29. The molecule has 1 heterocycles. The highest BCUT2D eigenvalue weighted by Crippen LogP contribution is 2.23. The zero-order valence-corrected chi connectivity index (χ0v) is 13.1. The maximum atomic E-state index is 9.12. The molecule has 1 fully saturated rings. The summed E-state index contributed by atoms with van der Waals surface area (Å²) in [6.45, 7) is 3.71. The van der Waals surface area contributed by atoms with E-state index in [-0.39, 0.29) is 0 Å². The molecule has 0 unspecified atom stereocenters. The molecule has 1 saturated heterocycles. The van der Waals surface area contributed by atoms with E-state index in [1.54, 1.807) is 0 Å². The third-order valence-corrected chi connectivity index (χ3v) is 4.06. The predicted octanol–water partition coefficient (Wildman–Crippen LogP) is 2.89. The van der Waals surface area contributed by atoms with Gasteiger partial charge in [-0.15, -0.1) is 0 Å². The van der Waals surface area contributed by atoms with Gasteiger partial charge < -0.3 is 15.4 Å². The number of benzene rings is 1. The number of nitriles is 1. The Morgan fingerprint density at radius 3 is 2.95 bits per heavy atom. The van der Waals surface area contributed by atoms with Crippen LogP contribution < -0.4 is 10.6 Å². The van der Waals surface area contributed by atoms with Crippen molar-refractivity contribution in [1.82, 2.24) is 5.32 Å². The molecular weight excluding hydrogens is 318 g/mol. The van der Waals surface area contributed by atoms with E-state index in [1.807, 2.05) is 18.2 Å². The lowest BCUT2D eigenvalue weighted by Crippen LogP contribution is -2.32. The molecule has 1 aliphatic heterocycles. The van der Waals surface area contributed by atoms with Crippen LogP contribution in [0.1, 0.15) is 24.8 Å². The first kappa shape index (κ1) is 15.3. The second-order valence-electron chi connectivity index (χ2n) is 4.87. The zero-order chi connectivity index (χ0) is 14.2. The third-order valence-electron chi connectivity index (χ3n) is 3.40. The van der Waals surface area contributed by atoms with E-state index in [4.69, 9.17) is 10.00 Å². The molecule has 0 spiro atoms. The molecule has 0 bridgehead atoms. The molecule has 2 N–H and O–H groups in total. The number of rotatable bonds is 6. The first-order valence-electron chi connectivity index (χ1n) is 7.06. The van der Waals surface area contributed by atoms with Crippen molar-refractivity contribution in [3.8, 4) is 6.07 Å². The highest BCUT2D eigenvalue weighted by molar-refractivity contribution is 9.10. The lowest BCUT2D eigenvalue weighted by atomic mass is 10.1. The van der Waals surface area contributed by atoms with Gasteiger partial charge in [-0.1, -0.05) is 6.07 Å². The van der Waals surface area contributed by atoms with Gasteiger partial charge in [0.25, 0.3) is 0 Å². The Hall–Kier alpha value is -1.09. The monoisotopic (exact) mass is 337 g/mol. The normalized spacial score (nSPS) is 15.8. The molecule has 1 aromatic carbocycles. The van der Waals surface area contributed by atoms with Gasteiger partial charge in [0, 0.05) is 17.6 Å². The summed E-state index contributed by atoms with van der Waals surface area (Å²) in [5, 5.41) is 15.7. The Morgan fingerprint density at radius 1 is 1.40 bits per heavy atom. The van der Waals surface area contributed by atoms with E-state index in [2.05, 4.69) is 32.6 Å². The van der Waals surface area contributed by atoms with Crippen LogP contribution in [0, 0.1) is 11.3 Å². The Morgan fingerprint density at radius 2 is 2.20 bits per heavy atom. The van der Waals surface area contributed by atoms with Crippen molar-refractivity contribution in [1.29, 1.82) is 5.26 Å². The van der Waals surface area contributed by atoms with Crippen LogP contribution in [-0.4, -0.2) is 32.3 Å². The van der Waals surface area contributed by atoms with Crippen molar-refractivity contribution in [2.75, 3.05) is 31.6 Å². The molecule has 108 valence electrons. The highest BCUT2D eigenvalue weighted by atomic mass is 79.9. The van der Waals surface area contributed by atoms with Crippen LogP contribution >= 0.6 is 15.9 Å². The van der Waals surface area contributed by atoms with Crippen molar-refractivity contribution in [2.45, 2.75) is 25.4 Å². The highest BCUT2D eigenvalue weighted by Gasteiger charge is 2.12. The van der Waals surface area contributed by atoms with Gasteiger partial charge in [-0.3, -0.25) is 0 Å². The number of anilines is 1. The van der Waals surface area contributed by atoms with Crippen LogP contribution in [0.15, 0.2) is 22.7 Å². The Bertz CT molecular complexity index is 467. The Kier molecular flexibility index (Phi) is 6.31. The average molecular weight is 338 g/mol. The van der Waals surface area contributed by atoms with Crippen LogP contribution in [-0.2, 0) is 4.74 Å². The van der Waals surface area contributed by atoms with Gasteiger partial charge in [0.1, 0.15) is 6.07 Å². The molecule has 1 aromatic rings. The lowest BCUT2D eigenvalue weighted by molar-refractivity contribution is 0.0329. The predicted molar refractivity (Wildman–Crippen MR) is 83.8 cm³/mol. The molecule has 0 radical (unpaired) electrons. The summed E-state index contributed by atoms with van der Waals surface area (Å²) in [6.07, 6.45) is 3.58. The summed E-state index contributed by atoms with van der Waals surface area (Å²) < 4.78 is 6.68. The van der Waals surface area contributed by atoms with Gasteiger partial charge in [-0.25, -0.2) is 0 Å². The van der Waals surface area contributed by atoms with Gasteiger partial charge in [0.05, 0.1) is 17.4 Å². The number of halogens is 1. The van der Waals surface area contributed by atoms with Crippen molar-refractivity contribution < 1.29 is 4.74 Å². The third kappa shape index (κ3) is 4.48. The Labute approximate surface area is 128 Å². The molecule has 0 saturated carbocycles. The minimum atomic E-state index is 0.414. The maximum absolute atomic E-state index is 9.12.